The Hall–Kier alpha value is -1.55. The Morgan fingerprint density at radius 2 is 2.12 bits per heavy atom. The van der Waals surface area contributed by atoms with Crippen molar-refractivity contribution < 1.29 is 14.6 Å². The molecule has 0 radical (unpaired) electrons. The average molecular weight is 221 g/mol. The number of aliphatic hydroxyl groups excluding tert-OH is 1. The summed E-state index contributed by atoms with van der Waals surface area (Å²) in [6.45, 7) is 1.69. The molecule has 1 saturated heterocycles. The van der Waals surface area contributed by atoms with Gasteiger partial charge in [0.25, 0.3) is 0 Å². The summed E-state index contributed by atoms with van der Waals surface area (Å²) in [5, 5.41) is 12.1. The molecule has 4 heteroatoms. The molecular weight excluding hydrogens is 206 g/mol. The Morgan fingerprint density at radius 1 is 1.44 bits per heavy atom. The summed E-state index contributed by atoms with van der Waals surface area (Å²) in [7, 11) is 0. The van der Waals surface area contributed by atoms with Crippen LogP contribution in [0.15, 0.2) is 30.3 Å². The topological polar surface area (TPSA) is 58.6 Å². The first-order valence-electron chi connectivity index (χ1n) is 5.37. The fourth-order valence-corrected chi connectivity index (χ4v) is 1.94. The number of rotatable bonds is 3. The van der Waals surface area contributed by atoms with Crippen LogP contribution in [0.5, 0.6) is 0 Å². The van der Waals surface area contributed by atoms with Crippen molar-refractivity contribution in [3.63, 3.8) is 0 Å². The Morgan fingerprint density at radius 3 is 2.75 bits per heavy atom. The fraction of sp³-hybridized carbons (Fsp3) is 0.417. The summed E-state index contributed by atoms with van der Waals surface area (Å²) >= 11 is 0. The number of alkyl carbamates (subject to hydrolysis) is 1. The smallest absolute Gasteiger partial charge is 0.408 e. The molecule has 1 aliphatic rings. The van der Waals surface area contributed by atoms with Crippen molar-refractivity contribution in [1.82, 2.24) is 5.32 Å². The van der Waals surface area contributed by atoms with E-state index in [1.165, 1.54) is 0 Å². The van der Waals surface area contributed by atoms with E-state index in [0.29, 0.717) is 6.42 Å². The van der Waals surface area contributed by atoms with E-state index >= 15 is 0 Å². The van der Waals surface area contributed by atoms with Gasteiger partial charge in [-0.3, -0.25) is 0 Å². The molecule has 1 fully saturated rings. The third-order valence-corrected chi connectivity index (χ3v) is 2.64. The molecule has 1 amide bonds. The number of carbonyl (C=O) groups is 1. The Kier molecular flexibility index (Phi) is 3.10. The van der Waals surface area contributed by atoms with Crippen LogP contribution in [0.2, 0.25) is 0 Å². The highest BCUT2D eigenvalue weighted by molar-refractivity contribution is 5.70. The van der Waals surface area contributed by atoms with Crippen molar-refractivity contribution in [2.45, 2.75) is 31.6 Å². The molecule has 0 aromatic heterocycles. The number of ether oxygens (including phenoxy) is 1. The van der Waals surface area contributed by atoms with Gasteiger partial charge in [0.15, 0.2) is 0 Å². The van der Waals surface area contributed by atoms with E-state index in [1.807, 2.05) is 30.3 Å². The largest absolute Gasteiger partial charge is 0.444 e. The first kappa shape index (κ1) is 11.0. The number of hydrogen-bond acceptors (Lipinski definition) is 3. The molecule has 3 atom stereocenters. The molecule has 1 aromatic rings. The van der Waals surface area contributed by atoms with E-state index in [2.05, 4.69) is 5.32 Å². The molecule has 0 saturated carbocycles. The highest BCUT2D eigenvalue weighted by Crippen LogP contribution is 2.27. The van der Waals surface area contributed by atoms with Crippen LogP contribution in [0.4, 0.5) is 4.79 Å². The molecule has 0 aliphatic carbocycles. The van der Waals surface area contributed by atoms with Crippen molar-refractivity contribution in [3.05, 3.63) is 35.9 Å². The van der Waals surface area contributed by atoms with Gasteiger partial charge in [-0.25, -0.2) is 4.79 Å². The Labute approximate surface area is 94.2 Å². The first-order valence-corrected chi connectivity index (χ1v) is 5.37. The summed E-state index contributed by atoms with van der Waals surface area (Å²) in [4.78, 5) is 11.2. The second kappa shape index (κ2) is 4.53. The lowest BCUT2D eigenvalue weighted by Gasteiger charge is -2.18. The third kappa shape index (κ3) is 2.33. The summed E-state index contributed by atoms with van der Waals surface area (Å²) in [6.07, 6.45) is -0.753. The third-order valence-electron chi connectivity index (χ3n) is 2.64. The van der Waals surface area contributed by atoms with E-state index in [0.717, 1.165) is 5.56 Å². The Bertz CT molecular complexity index is 364. The second-order valence-electron chi connectivity index (χ2n) is 4.06. The average Bonchev–Trinajstić information content (AvgIpc) is 2.60. The minimum Gasteiger partial charge on any atom is -0.444 e. The number of carbonyl (C=O) groups excluding carboxylic acids is 1. The van der Waals surface area contributed by atoms with Gasteiger partial charge in [-0.15, -0.1) is 0 Å². The quantitative estimate of drug-likeness (QED) is 0.815. The zero-order chi connectivity index (χ0) is 11.5. The van der Waals surface area contributed by atoms with E-state index < -0.39 is 12.2 Å². The second-order valence-corrected chi connectivity index (χ2v) is 4.06. The zero-order valence-corrected chi connectivity index (χ0v) is 9.09. The van der Waals surface area contributed by atoms with Crippen molar-refractivity contribution in [2.75, 3.05) is 0 Å². The van der Waals surface area contributed by atoms with Crippen LogP contribution in [0.3, 0.4) is 0 Å². The maximum atomic E-state index is 11.2. The number of nitrogens with one attached hydrogen (secondary N) is 1. The molecule has 4 nitrogen and oxygen atoms in total. The van der Waals surface area contributed by atoms with Gasteiger partial charge in [-0.2, -0.15) is 0 Å². The molecule has 0 unspecified atom stereocenters. The predicted octanol–water partition coefficient (Wildman–Crippen LogP) is 1.61. The maximum Gasteiger partial charge on any atom is 0.408 e. The molecule has 1 aliphatic heterocycles. The zero-order valence-electron chi connectivity index (χ0n) is 9.09. The minimum atomic E-state index is -0.482. The van der Waals surface area contributed by atoms with Crippen LogP contribution in [0.25, 0.3) is 0 Å². The van der Waals surface area contributed by atoms with Gasteiger partial charge in [0, 0.05) is 6.42 Å². The van der Waals surface area contributed by atoms with Crippen molar-refractivity contribution in [2.24, 2.45) is 0 Å². The monoisotopic (exact) mass is 221 g/mol. The molecule has 86 valence electrons. The molecule has 2 rings (SSSR count). The SMILES string of the molecule is C[C@@H](O)C[C@H]1OC(=O)N[C@H]1c1ccccc1. The highest BCUT2D eigenvalue weighted by atomic mass is 16.6. The van der Waals surface area contributed by atoms with E-state index in [1.54, 1.807) is 6.92 Å². The van der Waals surface area contributed by atoms with Crippen molar-refractivity contribution in [3.8, 4) is 0 Å². The van der Waals surface area contributed by atoms with Gasteiger partial charge in [-0.05, 0) is 12.5 Å². The summed E-state index contributed by atoms with van der Waals surface area (Å²) in [6, 6.07) is 9.47. The predicted molar refractivity (Wildman–Crippen MR) is 58.9 cm³/mol. The normalized spacial score (nSPS) is 26.0. The number of hydrogen-bond donors (Lipinski definition) is 2. The van der Waals surface area contributed by atoms with Gasteiger partial charge in [0.2, 0.25) is 0 Å². The number of benzene rings is 1. The molecule has 2 N–H and O–H groups in total. The fourth-order valence-electron chi connectivity index (χ4n) is 1.94. The van der Waals surface area contributed by atoms with Gasteiger partial charge in [0.1, 0.15) is 6.10 Å². The van der Waals surface area contributed by atoms with Gasteiger partial charge >= 0.3 is 6.09 Å². The van der Waals surface area contributed by atoms with Crippen molar-refractivity contribution >= 4 is 6.09 Å². The highest BCUT2D eigenvalue weighted by Gasteiger charge is 2.35. The van der Waals surface area contributed by atoms with E-state index in [4.69, 9.17) is 4.74 Å². The van der Waals surface area contributed by atoms with Crippen LogP contribution >= 0.6 is 0 Å². The van der Waals surface area contributed by atoms with E-state index in [-0.39, 0.29) is 12.1 Å². The lowest BCUT2D eigenvalue weighted by Crippen LogP contribution is -2.25. The Balaban J connectivity index is 2.16. The first-order chi connectivity index (χ1) is 7.66. The molecule has 16 heavy (non-hydrogen) atoms. The molecule has 1 heterocycles. The van der Waals surface area contributed by atoms with Crippen molar-refractivity contribution in [1.29, 1.82) is 0 Å². The van der Waals surface area contributed by atoms with Gasteiger partial charge in [-0.1, -0.05) is 30.3 Å². The van der Waals surface area contributed by atoms with Crippen LogP contribution in [-0.2, 0) is 4.74 Å². The minimum absolute atomic E-state index is 0.164. The molecular formula is C12H15NO3. The van der Waals surface area contributed by atoms with Gasteiger partial charge < -0.3 is 15.2 Å². The molecule has 0 bridgehead atoms. The van der Waals surface area contributed by atoms with Crippen LogP contribution in [-0.4, -0.2) is 23.4 Å². The van der Waals surface area contributed by atoms with Gasteiger partial charge in [0.05, 0.1) is 12.1 Å². The number of cyclic esters (lactones) is 1. The summed E-state index contributed by atoms with van der Waals surface area (Å²) in [5.74, 6) is 0. The molecule has 0 spiro atoms. The van der Waals surface area contributed by atoms with Crippen LogP contribution in [0.1, 0.15) is 24.9 Å². The summed E-state index contributed by atoms with van der Waals surface area (Å²) in [5.41, 5.74) is 0.999. The number of aliphatic hydroxyl groups is 1. The van der Waals surface area contributed by atoms with E-state index in [9.17, 15) is 9.90 Å². The van der Waals surface area contributed by atoms with Crippen LogP contribution in [0, 0.1) is 0 Å². The molecule has 1 aromatic carbocycles. The lowest BCUT2D eigenvalue weighted by molar-refractivity contribution is 0.0815. The standard InChI is InChI=1S/C12H15NO3/c1-8(14)7-10-11(13-12(15)16-10)9-5-3-2-4-6-9/h2-6,8,10-11,14H,7H2,1H3,(H,13,15)/t8-,10-,11+/m1/s1. The maximum absolute atomic E-state index is 11.2. The lowest BCUT2D eigenvalue weighted by atomic mass is 9.98. The number of amides is 1. The summed E-state index contributed by atoms with van der Waals surface area (Å²) < 4.78 is 5.13. The van der Waals surface area contributed by atoms with Crippen LogP contribution < -0.4 is 5.32 Å².